The normalized spacial score (nSPS) is 17.1. The van der Waals surface area contributed by atoms with E-state index in [1.54, 1.807) is 31.2 Å². The average molecular weight is 340 g/mol. The van der Waals surface area contributed by atoms with Crippen molar-refractivity contribution in [3.8, 4) is 0 Å². The number of ether oxygens (including phenoxy) is 1. The van der Waals surface area contributed by atoms with E-state index >= 15 is 0 Å². The summed E-state index contributed by atoms with van der Waals surface area (Å²) in [6.45, 7) is 2.91. The third-order valence-corrected chi connectivity index (χ3v) is 4.30. The summed E-state index contributed by atoms with van der Waals surface area (Å²) in [6.07, 6.45) is 0.811. The largest absolute Gasteiger partial charge is 0.427 e. The molecule has 0 spiro atoms. The maximum absolute atomic E-state index is 12.5. The second-order valence-electron chi connectivity index (χ2n) is 6.04. The summed E-state index contributed by atoms with van der Waals surface area (Å²) in [7, 11) is 0. The van der Waals surface area contributed by atoms with Crippen molar-refractivity contribution in [2.75, 3.05) is 18.5 Å². The fourth-order valence-electron chi connectivity index (χ4n) is 2.98. The molecule has 4 rings (SSSR count). The number of hydrogen-bond donors (Lipinski definition) is 2. The smallest absolute Gasteiger partial charge is 0.349 e. The van der Waals surface area contributed by atoms with Gasteiger partial charge in [0, 0.05) is 18.2 Å². The third kappa shape index (κ3) is 2.91. The van der Waals surface area contributed by atoms with Gasteiger partial charge in [-0.3, -0.25) is 4.79 Å². The van der Waals surface area contributed by atoms with Gasteiger partial charge in [0.05, 0.1) is 6.61 Å². The van der Waals surface area contributed by atoms with Crippen LogP contribution in [0.3, 0.4) is 0 Å². The number of nitrogens with zero attached hydrogens (tertiary/aromatic N) is 2. The number of anilines is 1. The molecule has 3 aromatic rings. The average Bonchev–Trinajstić information content (AvgIpc) is 3.25. The number of fused-ring (bicyclic) bond motifs is 1. The Labute approximate surface area is 142 Å². The predicted molar refractivity (Wildman–Crippen MR) is 89.7 cm³/mol. The molecule has 1 aliphatic heterocycles. The van der Waals surface area contributed by atoms with Gasteiger partial charge in [0.25, 0.3) is 5.91 Å². The van der Waals surface area contributed by atoms with Crippen LogP contribution in [-0.4, -0.2) is 34.5 Å². The fraction of sp³-hybridized carbons (Fsp3) is 0.294. The standard InChI is InChI=1S/C17H16N4O4/c1-9-6-14(10-4-5-24-8-10)25-17(23)15(9)16(22)18-11-2-3-12-13(7-11)20-21-19-12/h2-3,6-7,10H,4-5,8H2,1H3,(H,18,22)(H,19,20,21). The Kier molecular flexibility index (Phi) is 3.81. The lowest BCUT2D eigenvalue weighted by Gasteiger charge is -2.10. The van der Waals surface area contributed by atoms with Crippen LogP contribution in [0.1, 0.15) is 34.0 Å². The second-order valence-corrected chi connectivity index (χ2v) is 6.04. The van der Waals surface area contributed by atoms with Gasteiger partial charge in [0.2, 0.25) is 0 Å². The third-order valence-electron chi connectivity index (χ3n) is 4.30. The Morgan fingerprint density at radius 2 is 2.12 bits per heavy atom. The van der Waals surface area contributed by atoms with Crippen LogP contribution in [0.2, 0.25) is 0 Å². The number of nitrogens with one attached hydrogen (secondary N) is 2. The van der Waals surface area contributed by atoms with Crippen molar-refractivity contribution in [3.63, 3.8) is 0 Å². The Bertz CT molecular complexity index is 1000. The number of carbonyl (C=O) groups is 1. The van der Waals surface area contributed by atoms with Crippen molar-refractivity contribution < 1.29 is 13.9 Å². The molecular formula is C17H16N4O4. The van der Waals surface area contributed by atoms with E-state index < -0.39 is 11.5 Å². The van der Waals surface area contributed by atoms with Gasteiger partial charge in [-0.1, -0.05) is 0 Å². The van der Waals surface area contributed by atoms with Crippen LogP contribution < -0.4 is 10.9 Å². The summed E-state index contributed by atoms with van der Waals surface area (Å²) in [6, 6.07) is 6.85. The molecule has 1 fully saturated rings. The number of hydrogen-bond acceptors (Lipinski definition) is 6. The highest BCUT2D eigenvalue weighted by Gasteiger charge is 2.24. The van der Waals surface area contributed by atoms with Crippen LogP contribution in [-0.2, 0) is 4.74 Å². The molecule has 8 nitrogen and oxygen atoms in total. The van der Waals surface area contributed by atoms with Gasteiger partial charge >= 0.3 is 5.63 Å². The van der Waals surface area contributed by atoms with Gasteiger partial charge < -0.3 is 14.5 Å². The number of carbonyl (C=O) groups excluding carboxylic acids is 1. The summed E-state index contributed by atoms with van der Waals surface area (Å²) in [5.41, 5.74) is 1.79. The minimum absolute atomic E-state index is 0.00270. The van der Waals surface area contributed by atoms with Gasteiger partial charge in [-0.2, -0.15) is 15.4 Å². The lowest BCUT2D eigenvalue weighted by Crippen LogP contribution is -2.23. The zero-order valence-corrected chi connectivity index (χ0v) is 13.5. The molecule has 0 radical (unpaired) electrons. The van der Waals surface area contributed by atoms with Gasteiger partial charge in [0.15, 0.2) is 0 Å². The first-order chi connectivity index (χ1) is 12.1. The van der Waals surface area contributed by atoms with Crippen molar-refractivity contribution >= 4 is 22.6 Å². The van der Waals surface area contributed by atoms with Crippen LogP contribution >= 0.6 is 0 Å². The monoisotopic (exact) mass is 340 g/mol. The highest BCUT2D eigenvalue weighted by molar-refractivity contribution is 6.05. The van der Waals surface area contributed by atoms with Crippen molar-refractivity contribution in [1.82, 2.24) is 15.4 Å². The molecule has 1 atom stereocenters. The van der Waals surface area contributed by atoms with Crippen molar-refractivity contribution in [1.29, 1.82) is 0 Å². The zero-order chi connectivity index (χ0) is 17.4. The maximum atomic E-state index is 12.5. The number of benzene rings is 1. The summed E-state index contributed by atoms with van der Waals surface area (Å²) in [4.78, 5) is 24.8. The first-order valence-corrected chi connectivity index (χ1v) is 7.96. The van der Waals surface area contributed by atoms with E-state index in [1.807, 2.05) is 0 Å². The Morgan fingerprint density at radius 1 is 1.28 bits per heavy atom. The van der Waals surface area contributed by atoms with Crippen molar-refractivity contribution in [2.45, 2.75) is 19.3 Å². The summed E-state index contributed by atoms with van der Waals surface area (Å²) in [5.74, 6) is 0.127. The van der Waals surface area contributed by atoms with E-state index in [-0.39, 0.29) is 11.5 Å². The van der Waals surface area contributed by atoms with E-state index in [1.165, 1.54) is 0 Å². The van der Waals surface area contributed by atoms with E-state index in [9.17, 15) is 9.59 Å². The Balaban J connectivity index is 1.61. The molecule has 2 N–H and O–H groups in total. The van der Waals surface area contributed by atoms with Crippen LogP contribution in [0.15, 0.2) is 33.5 Å². The number of H-pyrrole nitrogens is 1. The molecule has 1 unspecified atom stereocenters. The molecule has 1 saturated heterocycles. The molecule has 1 aromatic carbocycles. The van der Waals surface area contributed by atoms with E-state index in [2.05, 4.69) is 20.7 Å². The second kappa shape index (κ2) is 6.14. The van der Waals surface area contributed by atoms with Gasteiger partial charge in [-0.05, 0) is 43.2 Å². The maximum Gasteiger partial charge on any atom is 0.349 e. The summed E-state index contributed by atoms with van der Waals surface area (Å²) in [5, 5.41) is 13.1. The minimum atomic E-state index is -0.637. The molecule has 1 aliphatic rings. The highest BCUT2D eigenvalue weighted by Crippen LogP contribution is 2.25. The Hall–Kier alpha value is -3.00. The van der Waals surface area contributed by atoms with Gasteiger partial charge in [-0.15, -0.1) is 0 Å². The topological polar surface area (TPSA) is 110 Å². The number of aromatic nitrogens is 3. The molecule has 3 heterocycles. The first-order valence-electron chi connectivity index (χ1n) is 7.96. The number of amides is 1. The number of rotatable bonds is 3. The molecule has 0 saturated carbocycles. The van der Waals surface area contributed by atoms with E-state index in [0.717, 1.165) is 6.42 Å². The molecule has 25 heavy (non-hydrogen) atoms. The van der Waals surface area contributed by atoms with Crippen LogP contribution in [0.25, 0.3) is 11.0 Å². The number of aryl methyl sites for hydroxylation is 1. The minimum Gasteiger partial charge on any atom is -0.427 e. The van der Waals surface area contributed by atoms with E-state index in [0.29, 0.717) is 41.3 Å². The zero-order valence-electron chi connectivity index (χ0n) is 13.5. The molecule has 2 aromatic heterocycles. The molecule has 0 bridgehead atoms. The Morgan fingerprint density at radius 3 is 2.88 bits per heavy atom. The molecule has 8 heteroatoms. The van der Waals surface area contributed by atoms with Crippen LogP contribution in [0, 0.1) is 6.92 Å². The predicted octanol–water partition coefficient (Wildman–Crippen LogP) is 1.98. The molecule has 128 valence electrons. The summed E-state index contributed by atoms with van der Waals surface area (Å²) < 4.78 is 10.7. The van der Waals surface area contributed by atoms with Crippen molar-refractivity contribution in [3.05, 3.63) is 51.6 Å². The lowest BCUT2D eigenvalue weighted by molar-refractivity contribution is 0.102. The fourth-order valence-corrected chi connectivity index (χ4v) is 2.98. The lowest BCUT2D eigenvalue weighted by atomic mass is 10.0. The highest BCUT2D eigenvalue weighted by atomic mass is 16.5. The van der Waals surface area contributed by atoms with Crippen LogP contribution in [0.4, 0.5) is 5.69 Å². The van der Waals surface area contributed by atoms with Crippen molar-refractivity contribution in [2.24, 2.45) is 0 Å². The quantitative estimate of drug-likeness (QED) is 0.754. The van der Waals surface area contributed by atoms with E-state index in [4.69, 9.17) is 9.15 Å². The first kappa shape index (κ1) is 15.5. The molecule has 0 aliphatic carbocycles. The molecule has 1 amide bonds. The van der Waals surface area contributed by atoms with Gasteiger partial charge in [0.1, 0.15) is 22.4 Å². The SMILES string of the molecule is Cc1cc(C2CCOC2)oc(=O)c1C(=O)Nc1ccc2n[nH]nc2c1. The van der Waals surface area contributed by atoms with Gasteiger partial charge in [-0.25, -0.2) is 4.79 Å². The number of aromatic amines is 1. The summed E-state index contributed by atoms with van der Waals surface area (Å²) >= 11 is 0. The van der Waals surface area contributed by atoms with Crippen LogP contribution in [0.5, 0.6) is 0 Å². The molecular weight excluding hydrogens is 324 g/mol.